The van der Waals surface area contributed by atoms with Crippen LogP contribution in [0.2, 0.25) is 0 Å². The highest BCUT2D eigenvalue weighted by atomic mass is 19.4. The Bertz CT molecular complexity index is 773. The molecule has 3 rings (SSSR count). The minimum absolute atomic E-state index is 0.0736. The lowest BCUT2D eigenvalue weighted by molar-refractivity contribution is -0.0923. The van der Waals surface area contributed by atoms with E-state index in [1.807, 2.05) is 62.4 Å². The first-order valence-corrected chi connectivity index (χ1v) is 7.49. The second-order valence-electron chi connectivity index (χ2n) is 5.97. The number of hydrogen-bond acceptors (Lipinski definition) is 0. The number of aryl methyl sites for hydroxylation is 2. The van der Waals surface area contributed by atoms with Gasteiger partial charge in [0, 0.05) is 12.0 Å². The third-order valence-electron chi connectivity index (χ3n) is 4.14. The fourth-order valence-corrected chi connectivity index (χ4v) is 2.78. The molecule has 1 aliphatic carbocycles. The number of alkyl halides is 3. The van der Waals surface area contributed by atoms with Crippen LogP contribution in [0.3, 0.4) is 0 Å². The van der Waals surface area contributed by atoms with Crippen LogP contribution in [-0.2, 0) is 0 Å². The first kappa shape index (κ1) is 15.6. The Balaban J connectivity index is 2.10. The van der Waals surface area contributed by atoms with Gasteiger partial charge in [-0.1, -0.05) is 59.7 Å². The van der Waals surface area contributed by atoms with Crippen LogP contribution < -0.4 is 0 Å². The monoisotopic (exact) mass is 314 g/mol. The molecule has 0 saturated carbocycles. The van der Waals surface area contributed by atoms with E-state index in [4.69, 9.17) is 0 Å². The van der Waals surface area contributed by atoms with Crippen LogP contribution in [0.25, 0.3) is 11.1 Å². The van der Waals surface area contributed by atoms with E-state index in [1.165, 1.54) is 6.08 Å². The number of hydrogen-bond donors (Lipinski definition) is 0. The van der Waals surface area contributed by atoms with Gasteiger partial charge in [-0.25, -0.2) is 0 Å². The summed E-state index contributed by atoms with van der Waals surface area (Å²) < 4.78 is 39.5. The number of allylic oxidation sites excluding steroid dienone is 4. The molecule has 0 radical (unpaired) electrons. The van der Waals surface area contributed by atoms with Crippen LogP contribution in [-0.4, -0.2) is 6.18 Å². The molecule has 0 amide bonds. The molecule has 3 heteroatoms. The summed E-state index contributed by atoms with van der Waals surface area (Å²) in [5.74, 6) is 0. The van der Waals surface area contributed by atoms with Crippen molar-refractivity contribution >= 4 is 11.1 Å². The Morgan fingerprint density at radius 2 is 1.22 bits per heavy atom. The lowest BCUT2D eigenvalue weighted by Gasteiger charge is -2.10. The minimum atomic E-state index is -4.29. The zero-order valence-electron chi connectivity index (χ0n) is 13.0. The predicted octanol–water partition coefficient (Wildman–Crippen LogP) is 6.11. The second kappa shape index (κ2) is 5.73. The van der Waals surface area contributed by atoms with Crippen LogP contribution in [0.4, 0.5) is 13.2 Å². The van der Waals surface area contributed by atoms with Crippen molar-refractivity contribution in [1.82, 2.24) is 0 Å². The summed E-state index contributed by atoms with van der Waals surface area (Å²) in [5.41, 5.74) is 4.77. The van der Waals surface area contributed by atoms with E-state index >= 15 is 0 Å². The molecule has 0 aromatic heterocycles. The smallest absolute Gasteiger partial charge is 0.166 e. The van der Waals surface area contributed by atoms with Crippen molar-refractivity contribution in [1.29, 1.82) is 0 Å². The van der Waals surface area contributed by atoms with Gasteiger partial charge in [0.25, 0.3) is 0 Å². The fourth-order valence-electron chi connectivity index (χ4n) is 2.78. The van der Waals surface area contributed by atoms with Crippen LogP contribution in [0.1, 0.15) is 28.7 Å². The minimum Gasteiger partial charge on any atom is -0.166 e. The van der Waals surface area contributed by atoms with Crippen molar-refractivity contribution in [2.24, 2.45) is 0 Å². The summed E-state index contributed by atoms with van der Waals surface area (Å²) in [4.78, 5) is 0. The largest absolute Gasteiger partial charge is 0.413 e. The molecule has 0 aliphatic heterocycles. The summed E-state index contributed by atoms with van der Waals surface area (Å²) in [6.07, 6.45) is -3.07. The van der Waals surface area contributed by atoms with Gasteiger partial charge in [-0.05, 0) is 42.2 Å². The normalized spacial score (nSPS) is 15.1. The Morgan fingerprint density at radius 3 is 1.70 bits per heavy atom. The van der Waals surface area contributed by atoms with Gasteiger partial charge in [-0.15, -0.1) is 0 Å². The van der Waals surface area contributed by atoms with E-state index in [0.29, 0.717) is 5.57 Å². The molecule has 0 spiro atoms. The third kappa shape index (κ3) is 3.24. The Kier molecular flexibility index (Phi) is 3.88. The van der Waals surface area contributed by atoms with E-state index in [0.717, 1.165) is 27.8 Å². The van der Waals surface area contributed by atoms with E-state index in [2.05, 4.69) is 0 Å². The van der Waals surface area contributed by atoms with E-state index in [-0.39, 0.29) is 6.42 Å². The fraction of sp³-hybridized carbons (Fsp3) is 0.200. The molecule has 0 nitrogen and oxygen atoms in total. The molecule has 0 bridgehead atoms. The van der Waals surface area contributed by atoms with Crippen molar-refractivity contribution < 1.29 is 13.2 Å². The number of benzene rings is 2. The van der Waals surface area contributed by atoms with Crippen LogP contribution >= 0.6 is 0 Å². The van der Waals surface area contributed by atoms with Crippen LogP contribution in [0.5, 0.6) is 0 Å². The molecular formula is C20H17F3. The van der Waals surface area contributed by atoms with E-state index in [1.54, 1.807) is 0 Å². The summed E-state index contributed by atoms with van der Waals surface area (Å²) >= 11 is 0. The number of halogens is 3. The molecule has 2 aromatic carbocycles. The number of rotatable bonds is 2. The van der Waals surface area contributed by atoms with Crippen LogP contribution in [0.15, 0.2) is 60.2 Å². The van der Waals surface area contributed by atoms with Gasteiger partial charge < -0.3 is 0 Å². The quantitative estimate of drug-likeness (QED) is 0.627. The molecular weight excluding hydrogens is 297 g/mol. The molecule has 0 heterocycles. The first-order chi connectivity index (χ1) is 10.8. The highest BCUT2D eigenvalue weighted by Crippen LogP contribution is 2.44. The van der Waals surface area contributed by atoms with Crippen LogP contribution in [0, 0.1) is 13.8 Å². The first-order valence-electron chi connectivity index (χ1n) is 7.49. The zero-order valence-corrected chi connectivity index (χ0v) is 13.0. The molecule has 23 heavy (non-hydrogen) atoms. The Labute approximate surface area is 134 Å². The van der Waals surface area contributed by atoms with Gasteiger partial charge >= 0.3 is 6.18 Å². The van der Waals surface area contributed by atoms with Crippen molar-refractivity contribution in [2.45, 2.75) is 26.4 Å². The Hall–Kier alpha value is -2.29. The molecule has 0 saturated heterocycles. The second-order valence-corrected chi connectivity index (χ2v) is 5.97. The summed E-state index contributed by atoms with van der Waals surface area (Å²) in [6.45, 7) is 3.93. The lowest BCUT2D eigenvalue weighted by atomic mass is 9.95. The standard InChI is InChI=1S/C20H17F3/c1-13-3-7-15(8-4-13)18-11-17(20(21,22)23)12-19(18)16-9-5-14(2)6-10-16/h3-11H,12H2,1-2H3. The maximum absolute atomic E-state index is 13.2. The maximum Gasteiger partial charge on any atom is 0.413 e. The van der Waals surface area contributed by atoms with Crippen molar-refractivity contribution in [2.75, 3.05) is 0 Å². The summed E-state index contributed by atoms with van der Waals surface area (Å²) in [5, 5.41) is 0. The zero-order chi connectivity index (χ0) is 16.6. The molecule has 118 valence electrons. The maximum atomic E-state index is 13.2. The molecule has 0 atom stereocenters. The summed E-state index contributed by atoms with van der Waals surface area (Å²) in [7, 11) is 0. The van der Waals surface area contributed by atoms with E-state index in [9.17, 15) is 13.2 Å². The average molecular weight is 314 g/mol. The van der Waals surface area contributed by atoms with Crippen molar-refractivity contribution in [3.05, 3.63) is 82.4 Å². The molecule has 0 N–H and O–H groups in total. The van der Waals surface area contributed by atoms with E-state index < -0.39 is 11.7 Å². The highest BCUT2D eigenvalue weighted by molar-refractivity contribution is 5.99. The molecule has 0 fully saturated rings. The van der Waals surface area contributed by atoms with Gasteiger partial charge in [0.2, 0.25) is 0 Å². The lowest BCUT2D eigenvalue weighted by Crippen LogP contribution is -2.10. The predicted molar refractivity (Wildman–Crippen MR) is 87.9 cm³/mol. The average Bonchev–Trinajstić information content (AvgIpc) is 2.94. The molecule has 2 aromatic rings. The highest BCUT2D eigenvalue weighted by Gasteiger charge is 2.37. The van der Waals surface area contributed by atoms with Crippen molar-refractivity contribution in [3.63, 3.8) is 0 Å². The SMILES string of the molecule is Cc1ccc(C2=C(c3ccc(C)cc3)CC(C(F)(F)F)=C2)cc1. The topological polar surface area (TPSA) is 0 Å². The van der Waals surface area contributed by atoms with Gasteiger partial charge in [0.05, 0.1) is 0 Å². The van der Waals surface area contributed by atoms with Gasteiger partial charge in [0.15, 0.2) is 0 Å². The molecule has 1 aliphatic rings. The van der Waals surface area contributed by atoms with Gasteiger partial charge in [-0.2, -0.15) is 13.2 Å². The molecule has 0 unspecified atom stereocenters. The van der Waals surface area contributed by atoms with Gasteiger partial charge in [0.1, 0.15) is 0 Å². The van der Waals surface area contributed by atoms with Gasteiger partial charge in [-0.3, -0.25) is 0 Å². The third-order valence-corrected chi connectivity index (χ3v) is 4.14. The van der Waals surface area contributed by atoms with Crippen molar-refractivity contribution in [3.8, 4) is 0 Å². The Morgan fingerprint density at radius 1 is 0.739 bits per heavy atom. The summed E-state index contributed by atoms with van der Waals surface area (Å²) in [6, 6.07) is 15.3.